The van der Waals surface area contributed by atoms with E-state index in [1.807, 2.05) is 0 Å². The molecule has 0 aromatic heterocycles. The monoisotopic (exact) mass is 512 g/mol. The number of rotatable bonds is 11. The molecular weight excluding hydrogens is 484 g/mol. The molecule has 0 saturated carbocycles. The van der Waals surface area contributed by atoms with Crippen LogP contribution in [-0.2, 0) is 14.8 Å². The van der Waals surface area contributed by atoms with Crippen molar-refractivity contribution in [2.45, 2.75) is 38.1 Å². The van der Waals surface area contributed by atoms with Crippen LogP contribution in [0.5, 0.6) is 5.75 Å². The predicted molar refractivity (Wildman–Crippen MR) is 132 cm³/mol. The minimum Gasteiger partial charge on any atom is -0.481 e. The lowest BCUT2D eigenvalue weighted by atomic mass is 10.1. The number of aliphatic carboxylic acids is 1. The van der Waals surface area contributed by atoms with Gasteiger partial charge in [-0.1, -0.05) is 31.9 Å². The van der Waals surface area contributed by atoms with E-state index in [1.165, 1.54) is 36.4 Å². The van der Waals surface area contributed by atoms with E-state index in [4.69, 9.17) is 4.74 Å². The highest BCUT2D eigenvalue weighted by molar-refractivity contribution is 7.89. The summed E-state index contributed by atoms with van der Waals surface area (Å²) in [5.74, 6) is 3.26. The van der Waals surface area contributed by atoms with Crippen molar-refractivity contribution < 1.29 is 32.6 Å². The third-order valence-electron chi connectivity index (χ3n) is 5.60. The summed E-state index contributed by atoms with van der Waals surface area (Å²) in [4.78, 5) is 38.5. The molecule has 3 rings (SSSR count). The van der Waals surface area contributed by atoms with Gasteiger partial charge >= 0.3 is 5.97 Å². The van der Waals surface area contributed by atoms with Crippen molar-refractivity contribution in [1.82, 2.24) is 9.21 Å². The van der Waals surface area contributed by atoms with Crippen LogP contribution in [0.4, 0.5) is 0 Å². The first-order chi connectivity index (χ1) is 17.1. The number of sulfonamides is 1. The molecule has 0 radical (unpaired) electrons. The lowest BCUT2D eigenvalue weighted by Crippen LogP contribution is -2.48. The van der Waals surface area contributed by atoms with Crippen LogP contribution in [0.3, 0.4) is 0 Å². The normalized spacial score (nSPS) is 14.0. The molecule has 0 fully saturated rings. The molecule has 2 aromatic rings. The van der Waals surface area contributed by atoms with E-state index in [9.17, 15) is 27.9 Å². The van der Waals surface area contributed by atoms with E-state index in [2.05, 4.69) is 11.8 Å². The minimum atomic E-state index is -4.23. The summed E-state index contributed by atoms with van der Waals surface area (Å²) in [6.45, 7) is 5.08. The number of carbonyl (C=O) groups is 3. The molecule has 1 atom stereocenters. The van der Waals surface area contributed by atoms with Gasteiger partial charge in [-0.25, -0.2) is 8.42 Å². The SMILES string of the molecule is CC#CCOc1ccc(S(=O)(=O)N(CC(C)C)[C@H](CCN2C(=O)c3ccccc3C2=O)C(=O)O)cc1. The van der Waals surface area contributed by atoms with Crippen LogP contribution in [0.1, 0.15) is 47.9 Å². The third-order valence-corrected chi connectivity index (χ3v) is 7.49. The van der Waals surface area contributed by atoms with Crippen molar-refractivity contribution in [3.63, 3.8) is 0 Å². The number of carbonyl (C=O) groups excluding carboxylic acids is 2. The molecule has 0 unspecified atom stereocenters. The third kappa shape index (κ3) is 5.75. The second kappa shape index (κ2) is 11.4. The maximum absolute atomic E-state index is 13.5. The predicted octanol–water partition coefficient (Wildman–Crippen LogP) is 2.87. The van der Waals surface area contributed by atoms with Gasteiger partial charge in [0.15, 0.2) is 0 Å². The molecule has 1 aliphatic rings. The summed E-state index contributed by atoms with van der Waals surface area (Å²) >= 11 is 0. The topological polar surface area (TPSA) is 121 Å². The van der Waals surface area contributed by atoms with Gasteiger partial charge in [-0.05, 0) is 55.7 Å². The number of ether oxygens (including phenoxy) is 1. The zero-order chi connectivity index (χ0) is 26.5. The molecule has 2 amide bonds. The van der Waals surface area contributed by atoms with Crippen LogP contribution in [0, 0.1) is 17.8 Å². The number of nitrogens with zero attached hydrogens (tertiary/aromatic N) is 2. The Morgan fingerprint density at radius 1 is 1.06 bits per heavy atom. The number of carboxylic acid groups (broad SMARTS) is 1. The Morgan fingerprint density at radius 3 is 2.14 bits per heavy atom. The number of hydrogen-bond acceptors (Lipinski definition) is 6. The first-order valence-corrected chi connectivity index (χ1v) is 12.8. The van der Waals surface area contributed by atoms with E-state index < -0.39 is 33.8 Å². The summed E-state index contributed by atoms with van der Waals surface area (Å²) in [5, 5.41) is 9.98. The van der Waals surface area contributed by atoms with Crippen molar-refractivity contribution in [2.24, 2.45) is 5.92 Å². The van der Waals surface area contributed by atoms with Gasteiger partial charge in [0, 0.05) is 13.1 Å². The fourth-order valence-electron chi connectivity index (χ4n) is 3.87. The fourth-order valence-corrected chi connectivity index (χ4v) is 5.65. The summed E-state index contributed by atoms with van der Waals surface area (Å²) in [7, 11) is -4.23. The Labute approximate surface area is 210 Å². The number of hydrogen-bond donors (Lipinski definition) is 1. The van der Waals surface area contributed by atoms with Crippen LogP contribution >= 0.6 is 0 Å². The molecule has 190 valence electrons. The molecule has 10 heteroatoms. The highest BCUT2D eigenvalue weighted by atomic mass is 32.2. The molecule has 2 aromatic carbocycles. The lowest BCUT2D eigenvalue weighted by Gasteiger charge is -2.30. The van der Waals surface area contributed by atoms with Gasteiger partial charge in [-0.2, -0.15) is 4.31 Å². The van der Waals surface area contributed by atoms with Crippen molar-refractivity contribution in [1.29, 1.82) is 0 Å². The van der Waals surface area contributed by atoms with Gasteiger partial charge in [0.1, 0.15) is 18.4 Å². The Kier molecular flexibility index (Phi) is 8.50. The number of amides is 2. The average molecular weight is 513 g/mol. The number of benzene rings is 2. The quantitative estimate of drug-likeness (QED) is 0.363. The fraction of sp³-hybridized carbons (Fsp3) is 0.346. The van der Waals surface area contributed by atoms with E-state index in [0.29, 0.717) is 5.75 Å². The Morgan fingerprint density at radius 2 is 1.64 bits per heavy atom. The maximum atomic E-state index is 13.5. The van der Waals surface area contributed by atoms with Crippen molar-refractivity contribution in [3.05, 3.63) is 59.7 Å². The molecule has 0 bridgehead atoms. The second-order valence-corrected chi connectivity index (χ2v) is 10.5. The molecule has 0 aliphatic carbocycles. The van der Waals surface area contributed by atoms with Crippen molar-refractivity contribution in [3.8, 4) is 17.6 Å². The summed E-state index contributed by atoms with van der Waals surface area (Å²) in [6, 6.07) is 10.5. The summed E-state index contributed by atoms with van der Waals surface area (Å²) < 4.78 is 33.4. The van der Waals surface area contributed by atoms with Gasteiger partial charge < -0.3 is 9.84 Å². The number of carboxylic acids is 1. The first-order valence-electron chi connectivity index (χ1n) is 11.4. The van der Waals surface area contributed by atoms with Gasteiger partial charge in [-0.3, -0.25) is 19.3 Å². The van der Waals surface area contributed by atoms with Crippen LogP contribution in [0.15, 0.2) is 53.4 Å². The Hall–Kier alpha value is -3.68. The minimum absolute atomic E-state index is 0.0637. The summed E-state index contributed by atoms with van der Waals surface area (Å²) in [5.41, 5.74) is 0.488. The maximum Gasteiger partial charge on any atom is 0.322 e. The zero-order valence-electron chi connectivity index (χ0n) is 20.3. The van der Waals surface area contributed by atoms with E-state index in [1.54, 1.807) is 32.9 Å². The van der Waals surface area contributed by atoms with Gasteiger partial charge in [-0.15, -0.1) is 5.92 Å². The second-order valence-electron chi connectivity index (χ2n) is 8.61. The van der Waals surface area contributed by atoms with Crippen LogP contribution in [0.25, 0.3) is 0 Å². The Bertz CT molecular complexity index is 1270. The molecule has 9 nitrogen and oxygen atoms in total. The largest absolute Gasteiger partial charge is 0.481 e. The van der Waals surface area contributed by atoms with Gasteiger partial charge in [0.05, 0.1) is 16.0 Å². The van der Waals surface area contributed by atoms with Crippen LogP contribution < -0.4 is 4.74 Å². The Balaban J connectivity index is 1.85. The smallest absolute Gasteiger partial charge is 0.322 e. The molecular formula is C26H28N2O7S. The molecule has 1 heterocycles. The number of imide groups is 1. The van der Waals surface area contributed by atoms with Crippen molar-refractivity contribution in [2.75, 3.05) is 19.7 Å². The molecule has 1 aliphatic heterocycles. The van der Waals surface area contributed by atoms with Crippen molar-refractivity contribution >= 4 is 27.8 Å². The molecule has 0 saturated heterocycles. The van der Waals surface area contributed by atoms with E-state index >= 15 is 0 Å². The zero-order valence-corrected chi connectivity index (χ0v) is 21.1. The highest BCUT2D eigenvalue weighted by Crippen LogP contribution is 2.26. The summed E-state index contributed by atoms with van der Waals surface area (Å²) in [6.07, 6.45) is -0.260. The molecule has 36 heavy (non-hydrogen) atoms. The van der Waals surface area contributed by atoms with E-state index in [-0.39, 0.29) is 48.1 Å². The first kappa shape index (κ1) is 26.9. The van der Waals surface area contributed by atoms with Gasteiger partial charge in [0.2, 0.25) is 10.0 Å². The van der Waals surface area contributed by atoms with Crippen LogP contribution in [-0.4, -0.2) is 66.3 Å². The van der Waals surface area contributed by atoms with Gasteiger partial charge in [0.25, 0.3) is 11.8 Å². The molecule has 1 N–H and O–H groups in total. The standard InChI is InChI=1S/C26H28N2O7S/c1-4-5-16-35-19-10-12-20(13-11-19)36(33,34)28(17-18(2)3)23(26(31)32)14-15-27-24(29)21-8-6-7-9-22(21)25(27)30/h6-13,18,23H,14-17H2,1-3H3,(H,31,32)/t23-/m1/s1. The highest BCUT2D eigenvalue weighted by Gasteiger charge is 2.39. The lowest BCUT2D eigenvalue weighted by molar-refractivity contribution is -0.141. The average Bonchev–Trinajstić information content (AvgIpc) is 3.08. The molecule has 0 spiro atoms. The van der Waals surface area contributed by atoms with E-state index in [0.717, 1.165) is 9.21 Å². The number of fused-ring (bicyclic) bond motifs is 1. The van der Waals surface area contributed by atoms with Crippen LogP contribution in [0.2, 0.25) is 0 Å².